The molecule has 0 fully saturated rings. The molecule has 172 valence electrons. The third kappa shape index (κ3) is 9.27. The van der Waals surface area contributed by atoms with Gasteiger partial charge in [0.1, 0.15) is 0 Å². The minimum absolute atomic E-state index is 0.326. The molecule has 0 amide bonds. The zero-order valence-corrected chi connectivity index (χ0v) is 16.8. The topological polar surface area (TPSA) is 52.6 Å². The third-order valence-corrected chi connectivity index (χ3v) is 4.17. The van der Waals surface area contributed by atoms with E-state index in [-0.39, 0.29) is 0 Å². The van der Waals surface area contributed by atoms with Gasteiger partial charge in [0, 0.05) is 0 Å². The number of esters is 2. The first kappa shape index (κ1) is 26.3. The van der Waals surface area contributed by atoms with Gasteiger partial charge in [0.2, 0.25) is 0 Å². The van der Waals surface area contributed by atoms with Crippen LogP contribution in [0.3, 0.4) is 0 Å². The van der Waals surface area contributed by atoms with E-state index in [1.54, 1.807) is 38.1 Å². The lowest BCUT2D eigenvalue weighted by atomic mass is 9.78. The highest BCUT2D eigenvalue weighted by atomic mass is 19.4. The van der Waals surface area contributed by atoms with Crippen molar-refractivity contribution in [1.82, 2.24) is 0 Å². The normalized spacial score (nSPS) is 13.4. The van der Waals surface area contributed by atoms with Gasteiger partial charge in [0.25, 0.3) is 0 Å². The van der Waals surface area contributed by atoms with E-state index in [1.165, 1.54) is 24.3 Å². The fourth-order valence-corrected chi connectivity index (χ4v) is 2.52. The van der Waals surface area contributed by atoms with Crippen LogP contribution in [-0.4, -0.2) is 37.5 Å². The van der Waals surface area contributed by atoms with Crippen LogP contribution < -0.4 is 0 Å². The van der Waals surface area contributed by atoms with Crippen molar-refractivity contribution in [3.63, 3.8) is 0 Å². The second kappa shape index (κ2) is 11.0. The summed E-state index contributed by atoms with van der Waals surface area (Å²) in [4.78, 5) is 25.3. The van der Waals surface area contributed by atoms with Crippen LogP contribution in [0, 0.1) is 5.41 Å². The highest BCUT2D eigenvalue weighted by Crippen LogP contribution is 2.34. The van der Waals surface area contributed by atoms with Crippen molar-refractivity contribution in [2.75, 3.05) is 13.2 Å². The zero-order valence-electron chi connectivity index (χ0n) is 16.8. The van der Waals surface area contributed by atoms with E-state index in [0.29, 0.717) is 11.1 Å². The van der Waals surface area contributed by atoms with Crippen LogP contribution in [-0.2, 0) is 25.5 Å². The number of halogens is 6. The van der Waals surface area contributed by atoms with E-state index < -0.39 is 55.8 Å². The summed E-state index contributed by atoms with van der Waals surface area (Å²) in [6.45, 7) is -0.607. The second-order valence-electron chi connectivity index (χ2n) is 6.77. The van der Waals surface area contributed by atoms with Crippen molar-refractivity contribution in [1.29, 1.82) is 0 Å². The third-order valence-electron chi connectivity index (χ3n) is 4.17. The van der Waals surface area contributed by atoms with Gasteiger partial charge in [-0.2, -0.15) is 26.3 Å². The molecule has 0 N–H and O–H groups in total. The van der Waals surface area contributed by atoms with Crippen LogP contribution >= 0.6 is 0 Å². The van der Waals surface area contributed by atoms with E-state index in [4.69, 9.17) is 0 Å². The molecule has 10 heteroatoms. The number of hydrogen-bond donors (Lipinski definition) is 0. The van der Waals surface area contributed by atoms with E-state index >= 15 is 0 Å². The van der Waals surface area contributed by atoms with Crippen molar-refractivity contribution < 1.29 is 45.4 Å². The number of carbonyl (C=O) groups is 2. The van der Waals surface area contributed by atoms with Crippen molar-refractivity contribution in [3.8, 4) is 0 Å². The van der Waals surface area contributed by atoms with E-state index in [1.807, 2.05) is 0 Å². The quantitative estimate of drug-likeness (QED) is 0.220. The minimum atomic E-state index is -4.89. The molecule has 0 saturated carbocycles. The molecule has 1 aromatic carbocycles. The summed E-state index contributed by atoms with van der Waals surface area (Å²) in [5, 5.41) is 0. The van der Waals surface area contributed by atoms with Gasteiger partial charge in [-0.25, -0.2) is 0 Å². The lowest BCUT2D eigenvalue weighted by molar-refractivity contribution is -0.206. The van der Waals surface area contributed by atoms with Crippen LogP contribution in [0.1, 0.15) is 25.8 Å². The molecule has 0 aliphatic rings. The Labute approximate surface area is 175 Å². The molecule has 0 radical (unpaired) electrons. The average molecular weight is 452 g/mol. The summed E-state index contributed by atoms with van der Waals surface area (Å²) in [5.41, 5.74) is -1.42. The average Bonchev–Trinajstić information content (AvgIpc) is 2.68. The highest BCUT2D eigenvalue weighted by Gasteiger charge is 2.50. The fourth-order valence-electron chi connectivity index (χ4n) is 2.52. The molecule has 0 saturated heterocycles. The first-order chi connectivity index (χ1) is 14.3. The van der Waals surface area contributed by atoms with Crippen molar-refractivity contribution in [2.24, 2.45) is 5.41 Å². The summed E-state index contributed by atoms with van der Waals surface area (Å²) < 4.78 is 84.0. The van der Waals surface area contributed by atoms with Gasteiger partial charge in [0.15, 0.2) is 18.6 Å². The molecule has 0 aliphatic heterocycles. The smallest absolute Gasteiger partial charge is 0.422 e. The summed E-state index contributed by atoms with van der Waals surface area (Å²) in [7, 11) is 0. The molecular weight excluding hydrogens is 430 g/mol. The minimum Gasteiger partial charge on any atom is -0.455 e. The molecule has 0 aromatic heterocycles. The SMILES string of the molecule is C/C=C(C)/C=C/CC(Cc1ccccc1)(C(=O)OCC(F)(F)F)C(=O)OCC(F)(F)F. The number of ether oxygens (including phenoxy) is 2. The maximum Gasteiger partial charge on any atom is 0.422 e. The summed E-state index contributed by atoms with van der Waals surface area (Å²) in [6, 6.07) is 7.65. The Hall–Kier alpha value is -2.78. The van der Waals surface area contributed by atoms with Gasteiger partial charge in [-0.15, -0.1) is 0 Å². The summed E-state index contributed by atoms with van der Waals surface area (Å²) in [5.74, 6) is -3.24. The molecular formula is C21H22F6O4. The Morgan fingerprint density at radius 1 is 0.903 bits per heavy atom. The Balaban J connectivity index is 3.39. The van der Waals surface area contributed by atoms with Gasteiger partial charge in [0.05, 0.1) is 0 Å². The number of hydrogen-bond acceptors (Lipinski definition) is 4. The highest BCUT2D eigenvalue weighted by molar-refractivity contribution is 6.00. The molecule has 1 rings (SSSR count). The van der Waals surface area contributed by atoms with Crippen molar-refractivity contribution in [2.45, 2.75) is 39.0 Å². The number of rotatable bonds is 9. The molecule has 0 atom stereocenters. The lowest BCUT2D eigenvalue weighted by Gasteiger charge is -2.29. The molecule has 0 spiro atoms. The lowest BCUT2D eigenvalue weighted by Crippen LogP contribution is -2.45. The maximum absolute atomic E-state index is 12.7. The van der Waals surface area contributed by atoms with Gasteiger partial charge >= 0.3 is 24.3 Å². The Kier molecular flexibility index (Phi) is 9.33. The van der Waals surface area contributed by atoms with Gasteiger partial charge in [-0.05, 0) is 32.3 Å². The van der Waals surface area contributed by atoms with E-state index in [9.17, 15) is 35.9 Å². The molecule has 1 aromatic rings. The zero-order chi connectivity index (χ0) is 23.7. The van der Waals surface area contributed by atoms with Crippen molar-refractivity contribution in [3.05, 3.63) is 59.7 Å². The number of alkyl halides is 6. The Morgan fingerprint density at radius 2 is 1.39 bits per heavy atom. The monoisotopic (exact) mass is 452 g/mol. The summed E-state index contributed by atoms with van der Waals surface area (Å²) in [6.07, 6.45) is -6.35. The van der Waals surface area contributed by atoms with Gasteiger partial charge < -0.3 is 9.47 Å². The standard InChI is InChI=1S/C21H22F6O4/c1-3-15(2)8-7-11-19(12-16-9-5-4-6-10-16,17(28)30-13-20(22,23)24)18(29)31-14-21(25,26)27/h3-10H,11-14H2,1-2H3/b8-7+,15-3+. The van der Waals surface area contributed by atoms with Crippen LogP contribution in [0.2, 0.25) is 0 Å². The predicted molar refractivity (Wildman–Crippen MR) is 99.8 cm³/mol. The molecule has 0 aliphatic carbocycles. The van der Waals surface area contributed by atoms with Crippen LogP contribution in [0.4, 0.5) is 26.3 Å². The largest absolute Gasteiger partial charge is 0.455 e. The van der Waals surface area contributed by atoms with Crippen molar-refractivity contribution >= 4 is 11.9 Å². The van der Waals surface area contributed by atoms with Crippen LogP contribution in [0.5, 0.6) is 0 Å². The Morgan fingerprint density at radius 3 is 1.81 bits per heavy atom. The second-order valence-corrected chi connectivity index (χ2v) is 6.77. The first-order valence-electron chi connectivity index (χ1n) is 9.10. The van der Waals surface area contributed by atoms with Crippen LogP contribution in [0.25, 0.3) is 0 Å². The van der Waals surface area contributed by atoms with Gasteiger partial charge in [-0.1, -0.05) is 54.1 Å². The molecule has 31 heavy (non-hydrogen) atoms. The van der Waals surface area contributed by atoms with E-state index in [0.717, 1.165) is 0 Å². The molecule has 0 heterocycles. The maximum atomic E-state index is 12.7. The number of allylic oxidation sites excluding steroid dienone is 4. The number of benzene rings is 1. The molecule has 4 nitrogen and oxygen atoms in total. The van der Waals surface area contributed by atoms with Crippen LogP contribution in [0.15, 0.2) is 54.1 Å². The fraction of sp³-hybridized carbons (Fsp3) is 0.429. The number of carbonyl (C=O) groups excluding carboxylic acids is 2. The predicted octanol–water partition coefficient (Wildman–Crippen LogP) is 5.34. The van der Waals surface area contributed by atoms with Gasteiger partial charge in [-0.3, -0.25) is 9.59 Å². The molecule has 0 bridgehead atoms. The van der Waals surface area contributed by atoms with E-state index in [2.05, 4.69) is 9.47 Å². The summed E-state index contributed by atoms with van der Waals surface area (Å²) >= 11 is 0. The first-order valence-corrected chi connectivity index (χ1v) is 9.10. The molecule has 0 unspecified atom stereocenters. The Bertz CT molecular complexity index is 764.